The van der Waals surface area contributed by atoms with Crippen molar-refractivity contribution < 1.29 is 13.2 Å². The lowest BCUT2D eigenvalue weighted by Crippen LogP contribution is -2.40. The molecule has 0 unspecified atom stereocenters. The molecular formula is C27H29N7O5S2. The molecule has 2 aromatic carbocycles. The molecule has 4 heterocycles. The van der Waals surface area contributed by atoms with E-state index in [0.717, 1.165) is 11.1 Å². The molecular weight excluding hydrogens is 566 g/mol. The topological polar surface area (TPSA) is 148 Å². The summed E-state index contributed by atoms with van der Waals surface area (Å²) in [4.78, 5) is 40.8. The van der Waals surface area contributed by atoms with Gasteiger partial charge in [-0.25, -0.2) is 23.2 Å². The Morgan fingerprint density at radius 2 is 1.76 bits per heavy atom. The van der Waals surface area contributed by atoms with Crippen molar-refractivity contribution in [2.75, 3.05) is 26.3 Å². The minimum absolute atomic E-state index is 0.200. The number of hydrogen-bond donors (Lipinski definition) is 2. The number of rotatable bonds is 8. The summed E-state index contributed by atoms with van der Waals surface area (Å²) in [6.07, 6.45) is 0. The Morgan fingerprint density at radius 1 is 1.00 bits per heavy atom. The molecule has 0 saturated carbocycles. The predicted molar refractivity (Wildman–Crippen MR) is 156 cm³/mol. The number of ether oxygens (including phenoxy) is 1. The van der Waals surface area contributed by atoms with Gasteiger partial charge in [0.2, 0.25) is 10.0 Å². The molecule has 1 saturated heterocycles. The van der Waals surface area contributed by atoms with Gasteiger partial charge in [-0.05, 0) is 37.6 Å². The number of morpholine rings is 1. The number of thioether (sulfide) groups is 1. The third-order valence-corrected chi connectivity index (χ3v) is 9.88. The maximum atomic E-state index is 13.1. The summed E-state index contributed by atoms with van der Waals surface area (Å²) in [5.41, 5.74) is 2.97. The van der Waals surface area contributed by atoms with E-state index in [1.165, 1.54) is 20.6 Å². The number of aromatic nitrogens is 6. The maximum Gasteiger partial charge on any atom is 0.330 e. The second kappa shape index (κ2) is 10.9. The third kappa shape index (κ3) is 5.23. The van der Waals surface area contributed by atoms with Gasteiger partial charge in [0.15, 0.2) is 16.3 Å². The molecule has 0 aliphatic carbocycles. The molecule has 1 fully saturated rings. The number of aromatic amines is 2. The van der Waals surface area contributed by atoms with Gasteiger partial charge in [0.05, 0.1) is 41.4 Å². The highest BCUT2D eigenvalue weighted by atomic mass is 32.2. The van der Waals surface area contributed by atoms with Gasteiger partial charge in [0, 0.05) is 19.6 Å². The highest BCUT2D eigenvalue weighted by Crippen LogP contribution is 2.27. The van der Waals surface area contributed by atoms with Crippen LogP contribution in [0.15, 0.2) is 62.1 Å². The standard InChI is InChI=1S/C27H29N7O5S2/c1-3-33-22(30-24-23(33)25(35)31-27(36)34(24)15-18-6-4-17(2)5-7-18)16-40-26-28-20-9-8-19(14-21(20)29-26)41(37,38)32-10-12-39-13-11-32/h4-9,14H,3,10-13,15-16H2,1-2H3,(H,28,29)(H,31,35,36). The summed E-state index contributed by atoms with van der Waals surface area (Å²) >= 11 is 1.38. The molecule has 41 heavy (non-hydrogen) atoms. The first-order valence-electron chi connectivity index (χ1n) is 13.2. The first kappa shape index (κ1) is 27.4. The van der Waals surface area contributed by atoms with E-state index in [4.69, 9.17) is 9.72 Å². The van der Waals surface area contributed by atoms with Crippen LogP contribution in [0.2, 0.25) is 0 Å². The minimum atomic E-state index is -3.63. The molecule has 0 spiro atoms. The number of nitrogens with zero attached hydrogens (tertiary/aromatic N) is 5. The molecule has 0 bridgehead atoms. The van der Waals surface area contributed by atoms with Gasteiger partial charge in [-0.2, -0.15) is 4.31 Å². The Morgan fingerprint density at radius 3 is 2.49 bits per heavy atom. The average molecular weight is 596 g/mol. The van der Waals surface area contributed by atoms with E-state index < -0.39 is 21.3 Å². The Labute approximate surface area is 239 Å². The molecule has 214 valence electrons. The van der Waals surface area contributed by atoms with Crippen molar-refractivity contribution in [1.29, 1.82) is 0 Å². The van der Waals surface area contributed by atoms with Crippen LogP contribution in [0, 0.1) is 6.92 Å². The van der Waals surface area contributed by atoms with Crippen LogP contribution >= 0.6 is 11.8 Å². The highest BCUT2D eigenvalue weighted by molar-refractivity contribution is 7.98. The van der Waals surface area contributed by atoms with Crippen LogP contribution in [0.3, 0.4) is 0 Å². The number of benzene rings is 2. The molecule has 1 aliphatic heterocycles. The second-order valence-corrected chi connectivity index (χ2v) is 12.7. The van der Waals surface area contributed by atoms with Crippen LogP contribution in [0.4, 0.5) is 0 Å². The third-order valence-electron chi connectivity index (χ3n) is 7.12. The average Bonchev–Trinajstić information content (AvgIpc) is 3.56. The number of fused-ring (bicyclic) bond motifs is 2. The molecule has 0 atom stereocenters. The lowest BCUT2D eigenvalue weighted by molar-refractivity contribution is 0.0730. The van der Waals surface area contributed by atoms with Gasteiger partial charge in [-0.15, -0.1) is 0 Å². The molecule has 12 nitrogen and oxygen atoms in total. The monoisotopic (exact) mass is 595 g/mol. The fourth-order valence-corrected chi connectivity index (χ4v) is 7.22. The van der Waals surface area contributed by atoms with Crippen molar-refractivity contribution in [3.05, 3.63) is 80.3 Å². The van der Waals surface area contributed by atoms with E-state index in [2.05, 4.69) is 15.0 Å². The number of hydrogen-bond acceptors (Lipinski definition) is 8. The maximum absolute atomic E-state index is 13.1. The van der Waals surface area contributed by atoms with Crippen molar-refractivity contribution in [3.8, 4) is 0 Å². The minimum Gasteiger partial charge on any atom is -0.379 e. The predicted octanol–water partition coefficient (Wildman–Crippen LogP) is 2.45. The number of nitrogens with one attached hydrogen (secondary N) is 2. The molecule has 0 amide bonds. The van der Waals surface area contributed by atoms with Crippen molar-refractivity contribution in [2.45, 2.75) is 42.7 Å². The van der Waals surface area contributed by atoms with Crippen molar-refractivity contribution >= 4 is 44.0 Å². The second-order valence-electron chi connectivity index (χ2n) is 9.80. The Kier molecular flexibility index (Phi) is 7.32. The first-order valence-corrected chi connectivity index (χ1v) is 15.7. The summed E-state index contributed by atoms with van der Waals surface area (Å²) in [7, 11) is -3.63. The van der Waals surface area contributed by atoms with Crippen LogP contribution in [-0.4, -0.2) is 68.1 Å². The quantitative estimate of drug-likeness (QED) is 0.260. The zero-order valence-electron chi connectivity index (χ0n) is 22.6. The highest BCUT2D eigenvalue weighted by Gasteiger charge is 2.27. The van der Waals surface area contributed by atoms with Crippen LogP contribution in [0.25, 0.3) is 22.2 Å². The van der Waals surface area contributed by atoms with Gasteiger partial charge in [0.1, 0.15) is 5.82 Å². The molecule has 14 heteroatoms. The summed E-state index contributed by atoms with van der Waals surface area (Å²) in [5.74, 6) is 0.997. The van der Waals surface area contributed by atoms with Crippen LogP contribution in [0.5, 0.6) is 0 Å². The number of imidazole rings is 2. The lowest BCUT2D eigenvalue weighted by Gasteiger charge is -2.25. The fraction of sp³-hybridized carbons (Fsp3) is 0.333. The largest absolute Gasteiger partial charge is 0.379 e. The number of sulfonamides is 1. The van der Waals surface area contributed by atoms with Crippen molar-refractivity contribution in [3.63, 3.8) is 0 Å². The van der Waals surface area contributed by atoms with Gasteiger partial charge >= 0.3 is 5.69 Å². The smallest absolute Gasteiger partial charge is 0.330 e. The first-order chi connectivity index (χ1) is 19.7. The molecule has 6 rings (SSSR count). The van der Waals surface area contributed by atoms with Crippen molar-refractivity contribution in [1.82, 2.24) is 33.4 Å². The van der Waals surface area contributed by atoms with E-state index in [0.29, 0.717) is 71.8 Å². The lowest BCUT2D eigenvalue weighted by atomic mass is 10.1. The zero-order valence-corrected chi connectivity index (χ0v) is 24.2. The molecule has 0 radical (unpaired) electrons. The van der Waals surface area contributed by atoms with Gasteiger partial charge < -0.3 is 14.3 Å². The van der Waals surface area contributed by atoms with E-state index in [-0.39, 0.29) is 11.4 Å². The van der Waals surface area contributed by atoms with Gasteiger partial charge in [-0.3, -0.25) is 14.3 Å². The molecule has 2 N–H and O–H groups in total. The van der Waals surface area contributed by atoms with Crippen LogP contribution in [-0.2, 0) is 33.6 Å². The van der Waals surface area contributed by atoms with Gasteiger partial charge in [-0.1, -0.05) is 41.6 Å². The summed E-state index contributed by atoms with van der Waals surface area (Å²) in [6.45, 7) is 6.08. The Bertz CT molecular complexity index is 1970. The Hall–Kier alpha value is -3.72. The van der Waals surface area contributed by atoms with Crippen LogP contribution < -0.4 is 11.2 Å². The molecule has 3 aromatic heterocycles. The van der Waals surface area contributed by atoms with E-state index in [9.17, 15) is 18.0 Å². The summed E-state index contributed by atoms with van der Waals surface area (Å²) in [6, 6.07) is 12.7. The van der Waals surface area contributed by atoms with E-state index in [1.54, 1.807) is 18.2 Å². The van der Waals surface area contributed by atoms with Crippen LogP contribution in [0.1, 0.15) is 23.9 Å². The van der Waals surface area contributed by atoms with Crippen molar-refractivity contribution in [2.24, 2.45) is 0 Å². The van der Waals surface area contributed by atoms with E-state index >= 15 is 0 Å². The van der Waals surface area contributed by atoms with Gasteiger partial charge in [0.25, 0.3) is 5.56 Å². The summed E-state index contributed by atoms with van der Waals surface area (Å²) < 4.78 is 36.2. The zero-order chi connectivity index (χ0) is 28.7. The number of aryl methyl sites for hydroxylation is 2. The normalized spacial score (nSPS) is 14.8. The fourth-order valence-electron chi connectivity index (χ4n) is 4.95. The molecule has 1 aliphatic rings. The summed E-state index contributed by atoms with van der Waals surface area (Å²) in [5, 5.41) is 0.585. The van der Waals surface area contributed by atoms with E-state index in [1.807, 2.05) is 42.7 Å². The SMILES string of the molecule is CCn1c(CSc2nc3ccc(S(=O)(=O)N4CCOCC4)cc3[nH]2)nc2c1c(=O)[nH]c(=O)n2Cc1ccc(C)cc1. The molecule has 5 aromatic rings. The Balaban J connectivity index is 1.29. The number of H-pyrrole nitrogens is 2.